The van der Waals surface area contributed by atoms with E-state index in [-0.39, 0.29) is 37.4 Å². The Morgan fingerprint density at radius 3 is 2.44 bits per heavy atom. The Hall–Kier alpha value is -3.24. The standard InChI is InChI=1S/C26H33N3O6S/c1-3-35-24(30)15-16-27-25(31)22(18-20-8-5-4-6-9-20)28-26(32)23-10-7-17-29(23)36(33,34)21-13-11-19(2)12-14-21/h4-6,8-9,11-14,22-23H,3,7,10,15-18H2,1-2H3,(H,27,31)(H,28,32)/t22-,23-/m0/s1. The summed E-state index contributed by atoms with van der Waals surface area (Å²) in [6, 6.07) is 13.9. The van der Waals surface area contributed by atoms with Crippen molar-refractivity contribution in [3.8, 4) is 0 Å². The maximum atomic E-state index is 13.3. The van der Waals surface area contributed by atoms with Crippen LogP contribution in [0, 0.1) is 6.92 Å². The molecular formula is C26H33N3O6S. The first-order chi connectivity index (χ1) is 17.2. The van der Waals surface area contributed by atoms with Crippen molar-refractivity contribution in [2.45, 2.75) is 56.5 Å². The molecule has 0 radical (unpaired) electrons. The lowest BCUT2D eigenvalue weighted by Gasteiger charge is -2.26. The number of hydrogen-bond acceptors (Lipinski definition) is 6. The summed E-state index contributed by atoms with van der Waals surface area (Å²) in [4.78, 5) is 38.0. The SMILES string of the molecule is CCOC(=O)CCNC(=O)[C@H](Cc1ccccc1)NC(=O)[C@@H]1CCCN1S(=O)(=O)c1ccc(C)cc1. The summed E-state index contributed by atoms with van der Waals surface area (Å²) in [6.45, 7) is 4.11. The zero-order valence-electron chi connectivity index (χ0n) is 20.6. The summed E-state index contributed by atoms with van der Waals surface area (Å²) in [7, 11) is -3.87. The van der Waals surface area contributed by atoms with E-state index in [0.717, 1.165) is 11.1 Å². The molecule has 1 fully saturated rings. The molecule has 0 saturated carbocycles. The second-order valence-corrected chi connectivity index (χ2v) is 10.6. The van der Waals surface area contributed by atoms with Crippen LogP contribution in [-0.4, -0.2) is 62.3 Å². The Labute approximate surface area is 212 Å². The lowest BCUT2D eigenvalue weighted by molar-refractivity contribution is -0.143. The number of carbonyl (C=O) groups is 3. The molecule has 2 atom stereocenters. The predicted molar refractivity (Wildman–Crippen MR) is 134 cm³/mol. The molecule has 0 unspecified atom stereocenters. The average molecular weight is 516 g/mol. The Bertz CT molecular complexity index is 1150. The van der Waals surface area contributed by atoms with Crippen LogP contribution in [0.15, 0.2) is 59.5 Å². The number of ether oxygens (including phenoxy) is 1. The van der Waals surface area contributed by atoms with Gasteiger partial charge in [-0.3, -0.25) is 14.4 Å². The number of hydrogen-bond donors (Lipinski definition) is 2. The van der Waals surface area contributed by atoms with Gasteiger partial charge in [0.05, 0.1) is 17.9 Å². The maximum absolute atomic E-state index is 13.3. The van der Waals surface area contributed by atoms with E-state index in [0.29, 0.717) is 12.8 Å². The molecule has 0 bridgehead atoms. The minimum atomic E-state index is -3.87. The highest BCUT2D eigenvalue weighted by Gasteiger charge is 2.40. The third-order valence-electron chi connectivity index (χ3n) is 5.98. The molecular weight excluding hydrogens is 482 g/mol. The predicted octanol–water partition coefficient (Wildman–Crippen LogP) is 1.95. The molecule has 194 valence electrons. The second kappa shape index (κ2) is 12.6. The number of nitrogens with zero attached hydrogens (tertiary/aromatic N) is 1. The van der Waals surface area contributed by atoms with Crippen LogP contribution in [0.4, 0.5) is 0 Å². The summed E-state index contributed by atoms with van der Waals surface area (Å²) < 4.78 is 32.6. The molecule has 1 aliphatic heterocycles. The molecule has 36 heavy (non-hydrogen) atoms. The molecule has 10 heteroatoms. The van der Waals surface area contributed by atoms with E-state index in [2.05, 4.69) is 10.6 Å². The van der Waals surface area contributed by atoms with E-state index in [4.69, 9.17) is 4.74 Å². The fraction of sp³-hybridized carbons (Fsp3) is 0.423. The first-order valence-electron chi connectivity index (χ1n) is 12.1. The highest BCUT2D eigenvalue weighted by Crippen LogP contribution is 2.26. The Morgan fingerprint density at radius 1 is 1.08 bits per heavy atom. The van der Waals surface area contributed by atoms with Crippen LogP contribution in [0.25, 0.3) is 0 Å². The van der Waals surface area contributed by atoms with Gasteiger partial charge in [-0.25, -0.2) is 8.42 Å². The highest BCUT2D eigenvalue weighted by molar-refractivity contribution is 7.89. The van der Waals surface area contributed by atoms with Crippen molar-refractivity contribution in [3.63, 3.8) is 0 Å². The molecule has 2 N–H and O–H groups in total. The van der Waals surface area contributed by atoms with Crippen LogP contribution in [0.5, 0.6) is 0 Å². The largest absolute Gasteiger partial charge is 0.466 e. The lowest BCUT2D eigenvalue weighted by Crippen LogP contribution is -2.54. The summed E-state index contributed by atoms with van der Waals surface area (Å²) in [6.07, 6.45) is 1.13. The van der Waals surface area contributed by atoms with Gasteiger partial charge >= 0.3 is 5.97 Å². The van der Waals surface area contributed by atoms with Crippen LogP contribution >= 0.6 is 0 Å². The highest BCUT2D eigenvalue weighted by atomic mass is 32.2. The molecule has 9 nitrogen and oxygen atoms in total. The normalized spacial score (nSPS) is 16.8. The molecule has 2 amide bonds. The van der Waals surface area contributed by atoms with Gasteiger partial charge in [0.2, 0.25) is 21.8 Å². The number of aryl methyl sites for hydroxylation is 1. The molecule has 0 spiro atoms. The van der Waals surface area contributed by atoms with Crippen molar-refractivity contribution < 1.29 is 27.5 Å². The summed E-state index contributed by atoms with van der Waals surface area (Å²) >= 11 is 0. The minimum absolute atomic E-state index is 0.0107. The van der Waals surface area contributed by atoms with Crippen molar-refractivity contribution in [2.75, 3.05) is 19.7 Å². The Balaban J connectivity index is 1.73. The van der Waals surface area contributed by atoms with Crippen LogP contribution in [0.3, 0.4) is 0 Å². The summed E-state index contributed by atoms with van der Waals surface area (Å²) in [5.74, 6) is -1.41. The molecule has 1 heterocycles. The van der Waals surface area contributed by atoms with E-state index in [1.165, 1.54) is 16.4 Å². The average Bonchev–Trinajstić information content (AvgIpc) is 3.36. The van der Waals surface area contributed by atoms with Crippen molar-refractivity contribution in [1.82, 2.24) is 14.9 Å². The molecule has 2 aromatic carbocycles. The van der Waals surface area contributed by atoms with Gasteiger partial charge in [0, 0.05) is 19.5 Å². The number of carbonyl (C=O) groups excluding carboxylic acids is 3. The topological polar surface area (TPSA) is 122 Å². The van der Waals surface area contributed by atoms with Crippen LogP contribution in [-0.2, 0) is 35.6 Å². The number of sulfonamides is 1. The third-order valence-corrected chi connectivity index (χ3v) is 7.91. The minimum Gasteiger partial charge on any atom is -0.466 e. The van der Waals surface area contributed by atoms with E-state index in [1.54, 1.807) is 19.1 Å². The first-order valence-corrected chi connectivity index (χ1v) is 13.5. The van der Waals surface area contributed by atoms with Gasteiger partial charge in [-0.05, 0) is 44.4 Å². The van der Waals surface area contributed by atoms with Crippen molar-refractivity contribution >= 4 is 27.8 Å². The Morgan fingerprint density at radius 2 is 1.78 bits per heavy atom. The van der Waals surface area contributed by atoms with Gasteiger partial charge in [-0.1, -0.05) is 48.0 Å². The molecule has 2 aromatic rings. The number of benzene rings is 2. The monoisotopic (exact) mass is 515 g/mol. The Kier molecular flexibility index (Phi) is 9.60. The quantitative estimate of drug-likeness (QED) is 0.441. The van der Waals surface area contributed by atoms with Crippen LogP contribution in [0.2, 0.25) is 0 Å². The van der Waals surface area contributed by atoms with Crippen molar-refractivity contribution in [1.29, 1.82) is 0 Å². The molecule has 1 saturated heterocycles. The van der Waals surface area contributed by atoms with Crippen molar-refractivity contribution in [3.05, 3.63) is 65.7 Å². The number of esters is 1. The lowest BCUT2D eigenvalue weighted by atomic mass is 10.0. The first kappa shape index (κ1) is 27.3. The van der Waals surface area contributed by atoms with E-state index in [9.17, 15) is 22.8 Å². The zero-order valence-corrected chi connectivity index (χ0v) is 21.4. The molecule has 3 rings (SSSR count). The molecule has 0 aliphatic carbocycles. The third kappa shape index (κ3) is 7.14. The van der Waals surface area contributed by atoms with Crippen LogP contribution in [0.1, 0.15) is 37.3 Å². The number of nitrogens with one attached hydrogen (secondary N) is 2. The smallest absolute Gasteiger partial charge is 0.307 e. The fourth-order valence-corrected chi connectivity index (χ4v) is 5.76. The van der Waals surface area contributed by atoms with Gasteiger partial charge in [0.15, 0.2) is 0 Å². The maximum Gasteiger partial charge on any atom is 0.307 e. The summed E-state index contributed by atoms with van der Waals surface area (Å²) in [5.41, 5.74) is 1.77. The fourth-order valence-electron chi connectivity index (χ4n) is 4.11. The van der Waals surface area contributed by atoms with Crippen LogP contribution < -0.4 is 10.6 Å². The second-order valence-electron chi connectivity index (χ2n) is 8.68. The molecule has 0 aromatic heterocycles. The number of amides is 2. The van der Waals surface area contributed by atoms with E-state index in [1.807, 2.05) is 37.3 Å². The number of rotatable bonds is 11. The van der Waals surface area contributed by atoms with Gasteiger partial charge < -0.3 is 15.4 Å². The van der Waals surface area contributed by atoms with E-state index >= 15 is 0 Å². The summed E-state index contributed by atoms with van der Waals surface area (Å²) in [5, 5.41) is 5.43. The van der Waals surface area contributed by atoms with E-state index < -0.39 is 39.9 Å². The van der Waals surface area contributed by atoms with Gasteiger partial charge in [-0.2, -0.15) is 4.31 Å². The van der Waals surface area contributed by atoms with Gasteiger partial charge in [0.25, 0.3) is 0 Å². The molecule has 1 aliphatic rings. The van der Waals surface area contributed by atoms with Crippen molar-refractivity contribution in [2.24, 2.45) is 0 Å². The van der Waals surface area contributed by atoms with Gasteiger partial charge in [-0.15, -0.1) is 0 Å². The van der Waals surface area contributed by atoms with Gasteiger partial charge in [0.1, 0.15) is 12.1 Å². The zero-order chi connectivity index (χ0) is 26.1.